The lowest BCUT2D eigenvalue weighted by molar-refractivity contribution is -0.161. The number of unbranched alkanes of at least 4 members (excludes halogenated alkanes) is 17. The summed E-state index contributed by atoms with van der Waals surface area (Å²) in [6.07, 6.45) is 35.4. The maximum absolute atomic E-state index is 12.3. The summed E-state index contributed by atoms with van der Waals surface area (Å²) in [4.78, 5) is 36.6. The largest absolute Gasteiger partial charge is 0.462 e. The first kappa shape index (κ1) is 43.8. The van der Waals surface area contributed by atoms with Crippen molar-refractivity contribution in [2.24, 2.45) is 11.8 Å². The van der Waals surface area contributed by atoms with Crippen LogP contribution in [0.5, 0.6) is 0 Å². The van der Waals surface area contributed by atoms with Gasteiger partial charge in [0.15, 0.2) is 11.9 Å². The van der Waals surface area contributed by atoms with Gasteiger partial charge in [-0.05, 0) is 44.1 Å². The summed E-state index contributed by atoms with van der Waals surface area (Å²) in [5.74, 6) is -0.819. The molecule has 1 rings (SSSR count). The lowest BCUT2D eigenvalue weighted by Gasteiger charge is -2.15. The number of hydrogen-bond acceptors (Lipinski definition) is 7. The second-order valence-corrected chi connectivity index (χ2v) is 13.7. The van der Waals surface area contributed by atoms with E-state index in [1.807, 2.05) is 24.3 Å². The lowest BCUT2D eigenvalue weighted by Crippen LogP contribution is -2.28. The van der Waals surface area contributed by atoms with Gasteiger partial charge in [-0.1, -0.05) is 153 Å². The van der Waals surface area contributed by atoms with Crippen molar-refractivity contribution < 1.29 is 34.1 Å². The number of carbonyl (C=O) groups excluding carboxylic acids is 3. The minimum absolute atomic E-state index is 0.0741. The smallest absolute Gasteiger partial charge is 0.306 e. The maximum Gasteiger partial charge on any atom is 0.306 e. The van der Waals surface area contributed by atoms with E-state index in [1.165, 1.54) is 77.0 Å². The molecule has 0 spiro atoms. The van der Waals surface area contributed by atoms with Crippen molar-refractivity contribution in [3.63, 3.8) is 0 Å². The molecule has 0 aromatic heterocycles. The van der Waals surface area contributed by atoms with Gasteiger partial charge in [0.2, 0.25) is 0 Å². The van der Waals surface area contributed by atoms with Crippen LogP contribution < -0.4 is 0 Å². The zero-order valence-electron chi connectivity index (χ0n) is 30.6. The van der Waals surface area contributed by atoms with Gasteiger partial charge in [0.05, 0.1) is 12.7 Å². The second kappa shape index (κ2) is 30.8. The fourth-order valence-electron chi connectivity index (χ4n) is 6.07. The number of hydrogen-bond donors (Lipinski definition) is 2. The molecule has 1 aliphatic rings. The lowest BCUT2D eigenvalue weighted by atomic mass is 9.90. The van der Waals surface area contributed by atoms with E-state index in [2.05, 4.69) is 13.8 Å². The van der Waals surface area contributed by atoms with Crippen molar-refractivity contribution in [3.8, 4) is 0 Å². The first-order chi connectivity index (χ1) is 23.4. The third kappa shape index (κ3) is 24.0. The van der Waals surface area contributed by atoms with Crippen LogP contribution in [0.25, 0.3) is 0 Å². The molecule has 0 heterocycles. The van der Waals surface area contributed by atoms with Crippen LogP contribution >= 0.6 is 0 Å². The summed E-state index contributed by atoms with van der Waals surface area (Å²) < 4.78 is 10.6. The molecule has 0 unspecified atom stereocenters. The van der Waals surface area contributed by atoms with Gasteiger partial charge in [-0.2, -0.15) is 0 Å². The van der Waals surface area contributed by atoms with Crippen molar-refractivity contribution in [3.05, 3.63) is 36.5 Å². The van der Waals surface area contributed by atoms with E-state index in [1.54, 1.807) is 12.2 Å². The predicted octanol–water partition coefficient (Wildman–Crippen LogP) is 9.68. The molecule has 0 amide bonds. The van der Waals surface area contributed by atoms with Crippen LogP contribution in [0, 0.1) is 11.8 Å². The Hall–Kier alpha value is -2.25. The van der Waals surface area contributed by atoms with Gasteiger partial charge in [0, 0.05) is 18.8 Å². The van der Waals surface area contributed by atoms with E-state index in [9.17, 15) is 24.6 Å². The second-order valence-electron chi connectivity index (χ2n) is 13.7. The van der Waals surface area contributed by atoms with Crippen molar-refractivity contribution in [2.45, 2.75) is 180 Å². The standard InChI is InChI=1S/C41H70O7/c1-3-5-7-8-9-10-11-12-13-14-15-16-17-18-24-28-41(46)48-37(33-42)34-47-40(45)27-23-20-19-22-25-35-29-32-39(44)38(35)31-30-36(43)26-21-6-4-2/h19,22,29-32,35-38,42-43H,3-18,20-21,23-28,33-34H2,1-2H3/b22-19-,31-30+/t35-,36-,37-,38+/m0/s1. The Labute approximate surface area is 293 Å². The minimum atomic E-state index is -0.834. The molecule has 1 aliphatic carbocycles. The summed E-state index contributed by atoms with van der Waals surface area (Å²) >= 11 is 0. The summed E-state index contributed by atoms with van der Waals surface area (Å²) in [7, 11) is 0. The maximum atomic E-state index is 12.3. The van der Waals surface area contributed by atoms with Crippen LogP contribution in [-0.4, -0.2) is 53.4 Å². The molecular formula is C41H70O7. The molecule has 0 aliphatic heterocycles. The average Bonchev–Trinajstić information content (AvgIpc) is 3.43. The average molecular weight is 675 g/mol. The fourth-order valence-corrected chi connectivity index (χ4v) is 6.07. The molecule has 0 bridgehead atoms. The Morgan fingerprint density at radius 3 is 1.94 bits per heavy atom. The Bertz CT molecular complexity index is 908. The summed E-state index contributed by atoms with van der Waals surface area (Å²) in [5.41, 5.74) is 0. The SMILES string of the molecule is CCCCCCCCCCCCCCCCCC(=O)O[C@@H](CO)COC(=O)CCC/C=C\C[C@H]1C=CC(=O)[C@@H]1/C=C/[C@@H](O)CCCCC. The summed E-state index contributed by atoms with van der Waals surface area (Å²) in [5, 5.41) is 19.7. The molecule has 7 heteroatoms. The highest BCUT2D eigenvalue weighted by Crippen LogP contribution is 2.27. The first-order valence-electron chi connectivity index (χ1n) is 19.6. The van der Waals surface area contributed by atoms with Crippen LogP contribution in [0.2, 0.25) is 0 Å². The van der Waals surface area contributed by atoms with Crippen LogP contribution in [0.15, 0.2) is 36.5 Å². The molecule has 276 valence electrons. The predicted molar refractivity (Wildman–Crippen MR) is 195 cm³/mol. The molecule has 0 fully saturated rings. The zero-order valence-corrected chi connectivity index (χ0v) is 30.6. The van der Waals surface area contributed by atoms with Crippen LogP contribution in [-0.2, 0) is 23.9 Å². The number of rotatable bonds is 32. The van der Waals surface area contributed by atoms with Crippen molar-refractivity contribution >= 4 is 17.7 Å². The van der Waals surface area contributed by atoms with E-state index in [0.29, 0.717) is 19.3 Å². The summed E-state index contributed by atoms with van der Waals surface area (Å²) in [6.45, 7) is 3.87. The van der Waals surface area contributed by atoms with Crippen molar-refractivity contribution in [1.29, 1.82) is 0 Å². The van der Waals surface area contributed by atoms with Gasteiger partial charge in [-0.25, -0.2) is 0 Å². The minimum Gasteiger partial charge on any atom is -0.462 e. The number of ketones is 1. The van der Waals surface area contributed by atoms with Gasteiger partial charge in [-0.3, -0.25) is 14.4 Å². The topological polar surface area (TPSA) is 110 Å². The zero-order chi connectivity index (χ0) is 35.1. The van der Waals surface area contributed by atoms with E-state index in [-0.39, 0.29) is 49.2 Å². The molecule has 4 atom stereocenters. The highest BCUT2D eigenvalue weighted by molar-refractivity contribution is 5.95. The molecule has 7 nitrogen and oxygen atoms in total. The number of aliphatic hydroxyl groups excluding tert-OH is 2. The normalized spacial score (nSPS) is 17.5. The molecule has 0 aromatic carbocycles. The van der Waals surface area contributed by atoms with E-state index < -0.39 is 12.2 Å². The van der Waals surface area contributed by atoms with Gasteiger partial charge in [-0.15, -0.1) is 0 Å². The fraction of sp³-hybridized carbons (Fsp3) is 0.780. The van der Waals surface area contributed by atoms with Gasteiger partial charge < -0.3 is 19.7 Å². The monoisotopic (exact) mass is 675 g/mol. The Kier molecular flexibility index (Phi) is 28.1. The number of esters is 2. The molecule has 0 saturated carbocycles. The quantitative estimate of drug-likeness (QED) is 0.0415. The van der Waals surface area contributed by atoms with Gasteiger partial charge >= 0.3 is 11.9 Å². The van der Waals surface area contributed by atoms with E-state index >= 15 is 0 Å². The third-order valence-corrected chi connectivity index (χ3v) is 9.18. The highest BCUT2D eigenvalue weighted by atomic mass is 16.6. The Morgan fingerprint density at radius 1 is 0.771 bits per heavy atom. The number of carbonyl (C=O) groups is 3. The van der Waals surface area contributed by atoms with Crippen molar-refractivity contribution in [2.75, 3.05) is 13.2 Å². The molecule has 48 heavy (non-hydrogen) atoms. The highest BCUT2D eigenvalue weighted by Gasteiger charge is 2.27. The van der Waals surface area contributed by atoms with Crippen LogP contribution in [0.1, 0.15) is 168 Å². The molecule has 0 saturated heterocycles. The number of aliphatic hydroxyl groups is 2. The molecule has 0 aromatic rings. The van der Waals surface area contributed by atoms with Gasteiger partial charge in [0.1, 0.15) is 6.61 Å². The molecular weight excluding hydrogens is 604 g/mol. The first-order valence-corrected chi connectivity index (χ1v) is 19.6. The third-order valence-electron chi connectivity index (χ3n) is 9.18. The van der Waals surface area contributed by atoms with Crippen molar-refractivity contribution in [1.82, 2.24) is 0 Å². The number of allylic oxidation sites excluding steroid dienone is 5. The molecule has 2 N–H and O–H groups in total. The summed E-state index contributed by atoms with van der Waals surface area (Å²) in [6, 6.07) is 0. The Morgan fingerprint density at radius 2 is 1.33 bits per heavy atom. The van der Waals surface area contributed by atoms with Crippen LogP contribution in [0.3, 0.4) is 0 Å². The molecule has 0 radical (unpaired) electrons. The Balaban J connectivity index is 2.07. The van der Waals surface area contributed by atoms with Gasteiger partial charge in [0.25, 0.3) is 0 Å². The van der Waals surface area contributed by atoms with E-state index in [4.69, 9.17) is 9.47 Å². The van der Waals surface area contributed by atoms with E-state index in [0.717, 1.165) is 51.4 Å². The van der Waals surface area contributed by atoms with Crippen LogP contribution in [0.4, 0.5) is 0 Å². The number of ether oxygens (including phenoxy) is 2.